The molecule has 2 aliphatic rings. The first kappa shape index (κ1) is 24.9. The molecule has 2 saturated heterocycles. The van der Waals surface area contributed by atoms with Crippen LogP contribution in [0.25, 0.3) is 0 Å². The van der Waals surface area contributed by atoms with Crippen LogP contribution in [0.1, 0.15) is 19.3 Å². The molecule has 3 atom stereocenters. The van der Waals surface area contributed by atoms with E-state index in [4.69, 9.17) is 16.3 Å². The Morgan fingerprint density at radius 2 is 1.94 bits per heavy atom. The van der Waals surface area contributed by atoms with Gasteiger partial charge in [0.25, 0.3) is 0 Å². The fraction of sp³-hybridized carbons (Fsp3) is 0.375. The fourth-order valence-electron chi connectivity index (χ4n) is 4.41. The number of aliphatic hydroxyl groups excluding tert-OH is 1. The van der Waals surface area contributed by atoms with Crippen molar-refractivity contribution >= 4 is 46.5 Å². The summed E-state index contributed by atoms with van der Waals surface area (Å²) in [6.45, 7) is -0.0306. The van der Waals surface area contributed by atoms with Gasteiger partial charge in [0.1, 0.15) is 11.9 Å². The van der Waals surface area contributed by atoms with E-state index in [1.54, 1.807) is 24.3 Å². The van der Waals surface area contributed by atoms with Crippen molar-refractivity contribution in [3.63, 3.8) is 0 Å². The highest BCUT2D eigenvalue weighted by molar-refractivity contribution is 6.30. The molecule has 2 aromatic carbocycles. The molecule has 3 N–H and O–H groups in total. The normalized spacial score (nSPS) is 21.9. The molecule has 0 spiro atoms. The van der Waals surface area contributed by atoms with Crippen LogP contribution < -0.4 is 15.5 Å². The maximum atomic E-state index is 14.9. The highest BCUT2D eigenvalue weighted by Gasteiger charge is 2.40. The number of ether oxygens (including phenoxy) is 1. The van der Waals surface area contributed by atoms with Gasteiger partial charge in [0.2, 0.25) is 11.8 Å². The van der Waals surface area contributed by atoms with Gasteiger partial charge in [-0.1, -0.05) is 11.6 Å². The van der Waals surface area contributed by atoms with Crippen molar-refractivity contribution < 1.29 is 28.6 Å². The quantitative estimate of drug-likeness (QED) is 0.559. The number of carbonyl (C=O) groups excluding carboxylic acids is 3. The standard InChI is InChI=1S/C24H26ClFN4O5/c1-35-18-11-21(29(12-18)24(34)27-15-4-2-14(25)3-5-15)23(33)28-20-8-6-16(10-19(20)26)30-17(13-31)7-9-22(30)32/h2-6,8,10,17-18,21,31H,7,9,11-13H2,1H3,(H,27,34)(H,28,33)/t17?,18-,21-/m1/s1. The number of methoxy groups -OCH3 is 1. The van der Waals surface area contributed by atoms with E-state index in [1.807, 2.05) is 0 Å². The lowest BCUT2D eigenvalue weighted by molar-refractivity contribution is -0.119. The lowest BCUT2D eigenvalue weighted by Crippen LogP contribution is -2.45. The number of likely N-dealkylation sites (tertiary alicyclic amines) is 1. The van der Waals surface area contributed by atoms with Crippen molar-refractivity contribution in [1.82, 2.24) is 4.90 Å². The second-order valence-corrected chi connectivity index (χ2v) is 8.93. The number of carbonyl (C=O) groups is 3. The molecule has 186 valence electrons. The highest BCUT2D eigenvalue weighted by atomic mass is 35.5. The Balaban J connectivity index is 1.47. The number of anilines is 3. The minimum Gasteiger partial charge on any atom is -0.394 e. The first-order chi connectivity index (χ1) is 16.8. The summed E-state index contributed by atoms with van der Waals surface area (Å²) in [6, 6.07) is 8.80. The lowest BCUT2D eigenvalue weighted by atomic mass is 10.1. The van der Waals surface area contributed by atoms with Crippen molar-refractivity contribution in [1.29, 1.82) is 0 Å². The van der Waals surface area contributed by atoms with Gasteiger partial charge >= 0.3 is 6.03 Å². The SMILES string of the molecule is CO[C@@H]1C[C@H](C(=O)Nc2ccc(N3C(=O)CCC3CO)cc2F)N(C(=O)Nc2ccc(Cl)cc2)C1. The summed E-state index contributed by atoms with van der Waals surface area (Å²) in [7, 11) is 1.50. The van der Waals surface area contributed by atoms with Crippen molar-refractivity contribution in [2.24, 2.45) is 0 Å². The number of nitrogens with zero attached hydrogens (tertiary/aromatic N) is 2. The summed E-state index contributed by atoms with van der Waals surface area (Å²) in [5.41, 5.74) is 0.745. The van der Waals surface area contributed by atoms with Crippen LogP contribution in [0, 0.1) is 5.82 Å². The number of halogens is 2. The van der Waals surface area contributed by atoms with Crippen LogP contribution in [0.3, 0.4) is 0 Å². The number of hydrogen-bond donors (Lipinski definition) is 3. The van der Waals surface area contributed by atoms with Crippen molar-refractivity contribution in [2.75, 3.05) is 35.8 Å². The molecule has 1 unspecified atom stereocenters. The van der Waals surface area contributed by atoms with Gasteiger partial charge < -0.3 is 30.3 Å². The number of amides is 4. The smallest absolute Gasteiger partial charge is 0.322 e. The first-order valence-electron chi connectivity index (χ1n) is 11.2. The molecular formula is C24H26ClFN4O5. The van der Waals surface area contributed by atoms with E-state index in [9.17, 15) is 23.9 Å². The van der Waals surface area contributed by atoms with E-state index in [-0.39, 0.29) is 43.7 Å². The van der Waals surface area contributed by atoms with Gasteiger partial charge in [0.15, 0.2) is 0 Å². The number of urea groups is 1. The van der Waals surface area contributed by atoms with E-state index in [0.29, 0.717) is 22.8 Å². The minimum atomic E-state index is -0.884. The van der Waals surface area contributed by atoms with Crippen LogP contribution in [0.5, 0.6) is 0 Å². The second kappa shape index (κ2) is 10.6. The zero-order valence-electron chi connectivity index (χ0n) is 19.0. The average Bonchev–Trinajstić information content (AvgIpc) is 3.45. The van der Waals surface area contributed by atoms with E-state index < -0.39 is 29.8 Å². The Kier molecular flexibility index (Phi) is 7.54. The Morgan fingerprint density at radius 3 is 2.60 bits per heavy atom. The average molecular weight is 505 g/mol. The topological polar surface area (TPSA) is 111 Å². The number of hydrogen-bond acceptors (Lipinski definition) is 5. The van der Waals surface area contributed by atoms with E-state index in [2.05, 4.69) is 10.6 Å². The molecule has 0 radical (unpaired) electrons. The molecule has 0 aromatic heterocycles. The van der Waals surface area contributed by atoms with E-state index in [1.165, 1.54) is 29.0 Å². The number of nitrogens with one attached hydrogen (secondary N) is 2. The van der Waals surface area contributed by atoms with Crippen LogP contribution in [-0.4, -0.2) is 66.3 Å². The molecule has 4 amide bonds. The monoisotopic (exact) mass is 504 g/mol. The van der Waals surface area contributed by atoms with Gasteiger partial charge in [0.05, 0.1) is 24.4 Å². The predicted molar refractivity (Wildman–Crippen MR) is 129 cm³/mol. The maximum Gasteiger partial charge on any atom is 0.322 e. The van der Waals surface area contributed by atoms with Crippen LogP contribution in [0.4, 0.5) is 26.2 Å². The molecule has 4 rings (SSSR count). The second-order valence-electron chi connectivity index (χ2n) is 8.49. The lowest BCUT2D eigenvalue weighted by Gasteiger charge is -2.25. The van der Waals surface area contributed by atoms with Crippen molar-refractivity contribution in [3.8, 4) is 0 Å². The largest absolute Gasteiger partial charge is 0.394 e. The molecule has 0 aliphatic carbocycles. The van der Waals surface area contributed by atoms with Crippen LogP contribution in [0.2, 0.25) is 5.02 Å². The fourth-order valence-corrected chi connectivity index (χ4v) is 4.54. The van der Waals surface area contributed by atoms with Gasteiger partial charge in [0, 0.05) is 42.9 Å². The molecule has 11 heteroatoms. The summed E-state index contributed by atoms with van der Waals surface area (Å²) < 4.78 is 20.2. The van der Waals surface area contributed by atoms with Gasteiger partial charge in [-0.15, -0.1) is 0 Å². The summed E-state index contributed by atoms with van der Waals surface area (Å²) in [4.78, 5) is 40.8. The van der Waals surface area contributed by atoms with Crippen LogP contribution in [0.15, 0.2) is 42.5 Å². The number of rotatable bonds is 6. The van der Waals surface area contributed by atoms with Crippen molar-refractivity contribution in [3.05, 3.63) is 53.3 Å². The zero-order valence-corrected chi connectivity index (χ0v) is 19.8. The van der Waals surface area contributed by atoms with Crippen LogP contribution >= 0.6 is 11.6 Å². The molecule has 2 fully saturated rings. The predicted octanol–water partition coefficient (Wildman–Crippen LogP) is 3.23. The molecule has 2 aromatic rings. The highest BCUT2D eigenvalue weighted by Crippen LogP contribution is 2.30. The molecule has 2 aliphatic heterocycles. The van der Waals surface area contributed by atoms with Gasteiger partial charge in [-0.3, -0.25) is 9.59 Å². The number of benzene rings is 2. The minimum absolute atomic E-state index is 0.0788. The molecule has 0 saturated carbocycles. The number of aliphatic hydroxyl groups is 1. The Bertz CT molecular complexity index is 1120. The Hall–Kier alpha value is -3.21. The van der Waals surface area contributed by atoms with Crippen molar-refractivity contribution in [2.45, 2.75) is 37.5 Å². The van der Waals surface area contributed by atoms with Gasteiger partial charge in [-0.2, -0.15) is 0 Å². The van der Waals surface area contributed by atoms with E-state index >= 15 is 0 Å². The molecule has 35 heavy (non-hydrogen) atoms. The first-order valence-corrected chi connectivity index (χ1v) is 11.6. The van der Waals surface area contributed by atoms with E-state index in [0.717, 1.165) is 6.07 Å². The third-order valence-electron chi connectivity index (χ3n) is 6.28. The maximum absolute atomic E-state index is 14.9. The summed E-state index contributed by atoms with van der Waals surface area (Å²) in [5, 5.41) is 15.3. The summed E-state index contributed by atoms with van der Waals surface area (Å²) in [6.07, 6.45) is 0.662. The molecule has 0 bridgehead atoms. The molecule has 9 nitrogen and oxygen atoms in total. The van der Waals surface area contributed by atoms with Gasteiger partial charge in [-0.05, 0) is 48.9 Å². The molecule has 2 heterocycles. The third kappa shape index (κ3) is 5.39. The van der Waals surface area contributed by atoms with Gasteiger partial charge in [-0.25, -0.2) is 9.18 Å². The molecular weight excluding hydrogens is 479 g/mol. The Morgan fingerprint density at radius 1 is 1.20 bits per heavy atom. The van der Waals surface area contributed by atoms with Crippen LogP contribution in [-0.2, 0) is 14.3 Å². The third-order valence-corrected chi connectivity index (χ3v) is 6.53. The zero-order chi connectivity index (χ0) is 25.1. The Labute approximate surface area is 206 Å². The summed E-state index contributed by atoms with van der Waals surface area (Å²) >= 11 is 5.88. The summed E-state index contributed by atoms with van der Waals surface area (Å²) in [5.74, 6) is -1.49.